The van der Waals surface area contributed by atoms with Crippen LogP contribution in [0.3, 0.4) is 0 Å². The molecule has 3 N–H and O–H groups in total. The number of likely N-dealkylation sites (N-methyl/N-ethyl adjacent to an activating group) is 1. The molecule has 0 aromatic heterocycles. The average molecular weight is 187 g/mol. The molecule has 0 spiro atoms. The summed E-state index contributed by atoms with van der Waals surface area (Å²) in [6.45, 7) is 2.49. The molecule has 0 aliphatic heterocycles. The standard InChI is InChI=1S/C8H17N3O2/c1-4-11(3)7(12)5-6(9)8(13)10-2/h6H,4-5,9H2,1-3H3,(H,10,13). The van der Waals surface area contributed by atoms with E-state index in [4.69, 9.17) is 5.73 Å². The summed E-state index contributed by atoms with van der Waals surface area (Å²) >= 11 is 0. The molecular formula is C8H17N3O2. The maximum atomic E-state index is 11.3. The molecule has 0 aromatic carbocycles. The second kappa shape index (κ2) is 5.53. The Morgan fingerprint density at radius 1 is 1.54 bits per heavy atom. The highest BCUT2D eigenvalue weighted by atomic mass is 16.2. The van der Waals surface area contributed by atoms with Gasteiger partial charge >= 0.3 is 0 Å². The molecule has 1 unspecified atom stereocenters. The summed E-state index contributed by atoms with van der Waals surface area (Å²) < 4.78 is 0. The third-order valence-electron chi connectivity index (χ3n) is 1.88. The molecular weight excluding hydrogens is 170 g/mol. The largest absolute Gasteiger partial charge is 0.358 e. The Morgan fingerprint density at radius 2 is 2.08 bits per heavy atom. The fourth-order valence-corrected chi connectivity index (χ4v) is 0.798. The van der Waals surface area contributed by atoms with Crippen molar-refractivity contribution in [2.75, 3.05) is 20.6 Å². The van der Waals surface area contributed by atoms with Gasteiger partial charge in [-0.1, -0.05) is 0 Å². The molecule has 0 rings (SSSR count). The minimum atomic E-state index is -0.744. The number of nitrogens with zero attached hydrogens (tertiary/aromatic N) is 1. The molecule has 13 heavy (non-hydrogen) atoms. The van der Waals surface area contributed by atoms with Crippen molar-refractivity contribution in [3.63, 3.8) is 0 Å². The zero-order chi connectivity index (χ0) is 10.4. The Hall–Kier alpha value is -1.10. The van der Waals surface area contributed by atoms with Gasteiger partial charge < -0.3 is 16.0 Å². The van der Waals surface area contributed by atoms with Crippen LogP contribution in [-0.2, 0) is 9.59 Å². The summed E-state index contributed by atoms with van der Waals surface area (Å²) in [4.78, 5) is 23.8. The number of nitrogens with one attached hydrogen (secondary N) is 1. The van der Waals surface area contributed by atoms with Crippen LogP contribution in [0, 0.1) is 0 Å². The molecule has 0 bridgehead atoms. The van der Waals surface area contributed by atoms with Gasteiger partial charge in [0, 0.05) is 20.6 Å². The Balaban J connectivity index is 3.98. The van der Waals surface area contributed by atoms with Crippen LogP contribution >= 0.6 is 0 Å². The Morgan fingerprint density at radius 3 is 2.46 bits per heavy atom. The molecule has 0 aliphatic carbocycles. The molecule has 5 nitrogen and oxygen atoms in total. The molecule has 0 aromatic rings. The molecule has 5 heteroatoms. The summed E-state index contributed by atoms with van der Waals surface area (Å²) in [5.41, 5.74) is 5.46. The van der Waals surface area contributed by atoms with E-state index in [2.05, 4.69) is 5.32 Å². The van der Waals surface area contributed by atoms with Crippen molar-refractivity contribution in [3.05, 3.63) is 0 Å². The van der Waals surface area contributed by atoms with Crippen LogP contribution in [0.25, 0.3) is 0 Å². The van der Waals surface area contributed by atoms with Gasteiger partial charge in [-0.15, -0.1) is 0 Å². The van der Waals surface area contributed by atoms with E-state index in [0.717, 1.165) is 0 Å². The van der Waals surface area contributed by atoms with E-state index in [1.54, 1.807) is 7.05 Å². The van der Waals surface area contributed by atoms with Crippen LogP contribution in [0.15, 0.2) is 0 Å². The fraction of sp³-hybridized carbons (Fsp3) is 0.750. The minimum Gasteiger partial charge on any atom is -0.358 e. The first-order chi connectivity index (χ1) is 6.02. The molecule has 0 heterocycles. The Bertz CT molecular complexity index is 194. The molecule has 0 saturated heterocycles. The first-order valence-corrected chi connectivity index (χ1v) is 4.24. The lowest BCUT2D eigenvalue weighted by atomic mass is 10.2. The number of hydrogen-bond donors (Lipinski definition) is 2. The number of carbonyl (C=O) groups is 2. The maximum absolute atomic E-state index is 11.3. The van der Waals surface area contributed by atoms with Crippen molar-refractivity contribution in [1.82, 2.24) is 10.2 Å². The lowest BCUT2D eigenvalue weighted by Gasteiger charge is -2.16. The molecule has 0 radical (unpaired) electrons. The van der Waals surface area contributed by atoms with Crippen molar-refractivity contribution in [3.8, 4) is 0 Å². The molecule has 0 fully saturated rings. The highest BCUT2D eigenvalue weighted by molar-refractivity contribution is 5.87. The lowest BCUT2D eigenvalue weighted by Crippen LogP contribution is -2.42. The quantitative estimate of drug-likeness (QED) is 0.588. The SMILES string of the molecule is CCN(C)C(=O)CC(N)C(=O)NC. The van der Waals surface area contributed by atoms with Crippen molar-refractivity contribution < 1.29 is 9.59 Å². The van der Waals surface area contributed by atoms with Gasteiger partial charge in [-0.2, -0.15) is 0 Å². The zero-order valence-electron chi connectivity index (χ0n) is 8.33. The van der Waals surface area contributed by atoms with Crippen LogP contribution in [0.1, 0.15) is 13.3 Å². The Labute approximate surface area is 78.3 Å². The summed E-state index contributed by atoms with van der Waals surface area (Å²) in [7, 11) is 3.18. The second-order valence-corrected chi connectivity index (χ2v) is 2.83. The van der Waals surface area contributed by atoms with Gasteiger partial charge in [0.25, 0.3) is 0 Å². The van der Waals surface area contributed by atoms with Crippen molar-refractivity contribution in [2.24, 2.45) is 5.73 Å². The van der Waals surface area contributed by atoms with E-state index >= 15 is 0 Å². The van der Waals surface area contributed by atoms with Crippen LogP contribution in [0.2, 0.25) is 0 Å². The molecule has 2 amide bonds. The van der Waals surface area contributed by atoms with E-state index in [0.29, 0.717) is 6.54 Å². The maximum Gasteiger partial charge on any atom is 0.237 e. The molecule has 76 valence electrons. The minimum absolute atomic E-state index is 0.0595. The van der Waals surface area contributed by atoms with Gasteiger partial charge in [0.1, 0.15) is 0 Å². The number of rotatable bonds is 4. The Kier molecular flexibility index (Phi) is 5.06. The number of nitrogens with two attached hydrogens (primary N) is 1. The van der Waals surface area contributed by atoms with Crippen LogP contribution in [0.5, 0.6) is 0 Å². The smallest absolute Gasteiger partial charge is 0.237 e. The van der Waals surface area contributed by atoms with Crippen molar-refractivity contribution in [1.29, 1.82) is 0 Å². The monoisotopic (exact) mass is 187 g/mol. The average Bonchev–Trinajstić information content (AvgIpc) is 2.14. The molecule has 0 saturated carbocycles. The molecule has 0 aliphatic rings. The number of carbonyl (C=O) groups excluding carboxylic acids is 2. The van der Waals surface area contributed by atoms with Gasteiger partial charge in [-0.05, 0) is 6.92 Å². The van der Waals surface area contributed by atoms with Crippen molar-refractivity contribution >= 4 is 11.8 Å². The van der Waals surface area contributed by atoms with E-state index in [-0.39, 0.29) is 18.2 Å². The topological polar surface area (TPSA) is 75.4 Å². The lowest BCUT2D eigenvalue weighted by molar-refractivity contribution is -0.133. The van der Waals surface area contributed by atoms with Gasteiger partial charge in [0.15, 0.2) is 0 Å². The first-order valence-electron chi connectivity index (χ1n) is 4.24. The first kappa shape index (κ1) is 11.9. The van der Waals surface area contributed by atoms with E-state index in [1.165, 1.54) is 11.9 Å². The summed E-state index contributed by atoms with van der Waals surface area (Å²) in [5, 5.41) is 2.39. The zero-order valence-corrected chi connectivity index (χ0v) is 8.33. The fourth-order valence-electron chi connectivity index (χ4n) is 0.798. The summed E-state index contributed by atoms with van der Waals surface area (Å²) in [5.74, 6) is -0.420. The number of amides is 2. The highest BCUT2D eigenvalue weighted by Gasteiger charge is 2.17. The molecule has 1 atom stereocenters. The second-order valence-electron chi connectivity index (χ2n) is 2.83. The van der Waals surface area contributed by atoms with Crippen LogP contribution < -0.4 is 11.1 Å². The summed E-state index contributed by atoms with van der Waals surface area (Å²) in [6.07, 6.45) is 0.0595. The van der Waals surface area contributed by atoms with Gasteiger partial charge in [-0.25, -0.2) is 0 Å². The van der Waals surface area contributed by atoms with Crippen LogP contribution in [-0.4, -0.2) is 43.4 Å². The normalized spacial score (nSPS) is 12.0. The third-order valence-corrected chi connectivity index (χ3v) is 1.88. The van der Waals surface area contributed by atoms with Crippen LogP contribution in [0.4, 0.5) is 0 Å². The van der Waals surface area contributed by atoms with E-state index < -0.39 is 6.04 Å². The number of hydrogen-bond acceptors (Lipinski definition) is 3. The third kappa shape index (κ3) is 3.89. The highest BCUT2D eigenvalue weighted by Crippen LogP contribution is 1.94. The predicted molar refractivity (Wildman–Crippen MR) is 50.0 cm³/mol. The van der Waals surface area contributed by atoms with E-state index in [9.17, 15) is 9.59 Å². The van der Waals surface area contributed by atoms with Crippen molar-refractivity contribution in [2.45, 2.75) is 19.4 Å². The van der Waals surface area contributed by atoms with Gasteiger partial charge in [0.05, 0.1) is 12.5 Å². The van der Waals surface area contributed by atoms with E-state index in [1.807, 2.05) is 6.92 Å². The predicted octanol–water partition coefficient (Wildman–Crippen LogP) is -1.07. The van der Waals surface area contributed by atoms with Gasteiger partial charge in [0.2, 0.25) is 11.8 Å². The summed E-state index contributed by atoms with van der Waals surface area (Å²) in [6, 6.07) is -0.744. The van der Waals surface area contributed by atoms with Gasteiger partial charge in [-0.3, -0.25) is 9.59 Å².